The topological polar surface area (TPSA) is 38.8 Å². The Bertz CT molecular complexity index is 324. The van der Waals surface area contributed by atoms with E-state index in [0.717, 1.165) is 12.8 Å². The van der Waals surface area contributed by atoms with Crippen molar-refractivity contribution < 1.29 is 14.4 Å². The average Bonchev–Trinajstić information content (AvgIpc) is 2.20. The van der Waals surface area contributed by atoms with E-state index in [1.54, 1.807) is 7.11 Å². The maximum atomic E-state index is 12.2. The minimum atomic E-state index is -0.496. The highest BCUT2D eigenvalue weighted by Gasteiger charge is 2.49. The van der Waals surface area contributed by atoms with Crippen molar-refractivity contribution in [2.24, 2.45) is 5.41 Å². The number of nitrogens with zero attached hydrogens (tertiary/aromatic N) is 1. The first-order chi connectivity index (χ1) is 8.40. The molecule has 19 heavy (non-hydrogen) atoms. The molecule has 0 aromatic heterocycles. The van der Waals surface area contributed by atoms with Gasteiger partial charge in [-0.1, -0.05) is 0 Å². The summed E-state index contributed by atoms with van der Waals surface area (Å²) in [6, 6.07) is 0. The van der Waals surface area contributed by atoms with Crippen LogP contribution in [0.15, 0.2) is 0 Å². The molecule has 1 rings (SSSR count). The number of carbonyl (C=O) groups excluding carboxylic acids is 1. The smallest absolute Gasteiger partial charge is 0.330 e. The fourth-order valence-electron chi connectivity index (χ4n) is 2.81. The number of rotatable bonds is 2. The Balaban J connectivity index is 2.94. The Morgan fingerprint density at radius 1 is 1.11 bits per heavy atom. The number of ether oxygens (including phenoxy) is 1. The molecule has 0 atom stereocenters. The molecule has 1 fully saturated rings. The maximum Gasteiger partial charge on any atom is 0.330 e. The molecular weight excluding hydrogens is 242 g/mol. The highest BCUT2D eigenvalue weighted by atomic mass is 16.7. The van der Waals surface area contributed by atoms with E-state index >= 15 is 0 Å². The van der Waals surface area contributed by atoms with Gasteiger partial charge in [-0.3, -0.25) is 0 Å². The fourth-order valence-corrected chi connectivity index (χ4v) is 2.81. The summed E-state index contributed by atoms with van der Waals surface area (Å²) in [7, 11) is 1.74. The molecule has 0 spiro atoms. The highest BCUT2D eigenvalue weighted by Crippen LogP contribution is 2.40. The Hall–Kier alpha value is -0.610. The second-order valence-electron chi connectivity index (χ2n) is 7.81. The first-order valence-electron chi connectivity index (χ1n) is 6.96. The third kappa shape index (κ3) is 3.69. The van der Waals surface area contributed by atoms with E-state index in [-0.39, 0.29) is 23.2 Å². The second-order valence-corrected chi connectivity index (χ2v) is 7.81. The predicted molar refractivity (Wildman–Crippen MR) is 75.6 cm³/mol. The average molecular weight is 271 g/mol. The summed E-state index contributed by atoms with van der Waals surface area (Å²) in [5.41, 5.74) is -0.961. The van der Waals surface area contributed by atoms with Crippen molar-refractivity contribution in [3.05, 3.63) is 0 Å². The van der Waals surface area contributed by atoms with Crippen LogP contribution in [0.2, 0.25) is 0 Å². The summed E-state index contributed by atoms with van der Waals surface area (Å²) in [6.45, 7) is 14.0. The molecular formula is C15H29NO3. The quantitative estimate of drug-likeness (QED) is 0.773. The summed E-state index contributed by atoms with van der Waals surface area (Å²) in [4.78, 5) is 17.9. The third-order valence-electron chi connectivity index (χ3n) is 3.67. The van der Waals surface area contributed by atoms with Gasteiger partial charge in [0.2, 0.25) is 0 Å². The Morgan fingerprint density at radius 2 is 1.53 bits per heavy atom. The summed E-state index contributed by atoms with van der Waals surface area (Å²) in [6.07, 6.45) is 1.91. The number of methoxy groups -OCH3 is 1. The van der Waals surface area contributed by atoms with Crippen molar-refractivity contribution >= 4 is 5.97 Å². The predicted octanol–water partition coefficient (Wildman–Crippen LogP) is 3.16. The SMILES string of the molecule is COC1CC(C)(C)N(OC(=O)C(C)(C)C)C(C)(C)C1. The first-order valence-corrected chi connectivity index (χ1v) is 6.96. The number of hydrogen-bond acceptors (Lipinski definition) is 4. The number of hydrogen-bond donors (Lipinski definition) is 0. The maximum absolute atomic E-state index is 12.2. The van der Waals surface area contributed by atoms with Gasteiger partial charge >= 0.3 is 5.97 Å². The van der Waals surface area contributed by atoms with Crippen LogP contribution in [0.1, 0.15) is 61.3 Å². The summed E-state index contributed by atoms with van der Waals surface area (Å²) >= 11 is 0. The molecule has 0 unspecified atom stereocenters. The monoisotopic (exact) mass is 271 g/mol. The van der Waals surface area contributed by atoms with E-state index in [1.807, 2.05) is 25.8 Å². The van der Waals surface area contributed by atoms with Crippen molar-refractivity contribution in [1.29, 1.82) is 0 Å². The zero-order valence-electron chi connectivity index (χ0n) is 13.7. The molecule has 4 nitrogen and oxygen atoms in total. The van der Waals surface area contributed by atoms with Crippen LogP contribution in [0.4, 0.5) is 0 Å². The molecule has 1 saturated heterocycles. The van der Waals surface area contributed by atoms with Crippen LogP contribution in [-0.2, 0) is 14.4 Å². The molecule has 0 bridgehead atoms. The third-order valence-corrected chi connectivity index (χ3v) is 3.67. The Labute approximate surface area is 117 Å². The zero-order chi connectivity index (χ0) is 15.1. The molecule has 0 amide bonds. The molecule has 0 radical (unpaired) electrons. The van der Waals surface area contributed by atoms with Gasteiger partial charge in [0.25, 0.3) is 0 Å². The molecule has 1 aliphatic rings. The zero-order valence-corrected chi connectivity index (χ0v) is 13.7. The molecule has 112 valence electrons. The van der Waals surface area contributed by atoms with Gasteiger partial charge in [0.1, 0.15) is 0 Å². The lowest BCUT2D eigenvalue weighted by atomic mass is 9.80. The molecule has 0 saturated carbocycles. The van der Waals surface area contributed by atoms with Gasteiger partial charge in [-0.2, -0.15) is 0 Å². The van der Waals surface area contributed by atoms with E-state index < -0.39 is 5.41 Å². The van der Waals surface area contributed by atoms with Crippen molar-refractivity contribution in [3.8, 4) is 0 Å². The number of piperidine rings is 1. The fraction of sp³-hybridized carbons (Fsp3) is 0.933. The minimum Gasteiger partial charge on any atom is -0.381 e. The van der Waals surface area contributed by atoms with E-state index in [2.05, 4.69) is 27.7 Å². The molecule has 1 aliphatic heterocycles. The van der Waals surface area contributed by atoms with Crippen LogP contribution in [-0.4, -0.2) is 35.3 Å². The lowest BCUT2D eigenvalue weighted by Crippen LogP contribution is -2.62. The summed E-state index contributed by atoms with van der Waals surface area (Å²) in [5.74, 6) is -0.190. The van der Waals surface area contributed by atoms with Gasteiger partial charge in [0.15, 0.2) is 0 Å². The van der Waals surface area contributed by atoms with E-state index in [4.69, 9.17) is 9.57 Å². The standard InChI is InChI=1S/C15H29NO3/c1-13(2,3)12(17)19-16-14(4,5)9-11(18-8)10-15(16,6)7/h11H,9-10H2,1-8H3. The van der Waals surface area contributed by atoms with E-state index in [9.17, 15) is 4.79 Å². The van der Waals surface area contributed by atoms with Crippen LogP contribution < -0.4 is 0 Å². The van der Waals surface area contributed by atoms with Gasteiger partial charge < -0.3 is 9.57 Å². The molecule has 0 aromatic carbocycles. The van der Waals surface area contributed by atoms with Crippen LogP contribution in [0.25, 0.3) is 0 Å². The lowest BCUT2D eigenvalue weighted by Gasteiger charge is -2.52. The van der Waals surface area contributed by atoms with Crippen LogP contribution in [0.3, 0.4) is 0 Å². The number of carbonyl (C=O) groups is 1. The van der Waals surface area contributed by atoms with Gasteiger partial charge in [-0.05, 0) is 61.3 Å². The van der Waals surface area contributed by atoms with E-state index in [1.165, 1.54) is 0 Å². The first kappa shape index (κ1) is 16.4. The van der Waals surface area contributed by atoms with Crippen molar-refractivity contribution in [2.75, 3.05) is 7.11 Å². The highest BCUT2D eigenvalue weighted by molar-refractivity contribution is 5.75. The van der Waals surface area contributed by atoms with Crippen LogP contribution in [0.5, 0.6) is 0 Å². The molecule has 4 heteroatoms. The summed E-state index contributed by atoms with van der Waals surface area (Å²) in [5, 5.41) is 1.86. The lowest BCUT2D eigenvalue weighted by molar-refractivity contribution is -0.282. The van der Waals surface area contributed by atoms with Gasteiger partial charge in [-0.25, -0.2) is 4.79 Å². The van der Waals surface area contributed by atoms with Gasteiger partial charge in [0, 0.05) is 7.11 Å². The largest absolute Gasteiger partial charge is 0.381 e. The number of hydroxylamine groups is 2. The van der Waals surface area contributed by atoms with Gasteiger partial charge in [0.05, 0.1) is 22.6 Å². The minimum absolute atomic E-state index is 0.190. The van der Waals surface area contributed by atoms with Crippen LogP contribution in [0, 0.1) is 5.41 Å². The van der Waals surface area contributed by atoms with Crippen LogP contribution >= 0.6 is 0 Å². The summed E-state index contributed by atoms with van der Waals surface area (Å²) < 4.78 is 5.52. The van der Waals surface area contributed by atoms with Crippen molar-refractivity contribution in [3.63, 3.8) is 0 Å². The Kier molecular flexibility index (Phi) is 4.38. The van der Waals surface area contributed by atoms with Crippen molar-refractivity contribution in [1.82, 2.24) is 5.06 Å². The second kappa shape index (κ2) is 5.06. The van der Waals surface area contributed by atoms with Gasteiger partial charge in [-0.15, -0.1) is 5.06 Å². The molecule has 1 heterocycles. The van der Waals surface area contributed by atoms with E-state index in [0.29, 0.717) is 0 Å². The normalized spacial score (nSPS) is 24.2. The van der Waals surface area contributed by atoms with Crippen molar-refractivity contribution in [2.45, 2.75) is 78.5 Å². The Morgan fingerprint density at radius 3 is 1.84 bits per heavy atom. The molecule has 0 aliphatic carbocycles. The molecule has 0 N–H and O–H groups in total. The molecule has 0 aromatic rings.